The lowest BCUT2D eigenvalue weighted by molar-refractivity contribution is -0.133. The summed E-state index contributed by atoms with van der Waals surface area (Å²) >= 11 is 0. The number of amides is 1. The standard InChI is InChI=1S/C17H25N5O/c1-14-18-7-9-21(14)12-16-5-3-8-22(13-16)17(23)6-2-4-15-10-19-20-11-15/h7,9-11,16H,2-6,8,12-13H2,1H3,(H,19,20). The highest BCUT2D eigenvalue weighted by atomic mass is 16.2. The van der Waals surface area contributed by atoms with Crippen molar-refractivity contribution in [3.8, 4) is 0 Å². The molecule has 1 fully saturated rings. The first-order chi connectivity index (χ1) is 11.2. The van der Waals surface area contributed by atoms with Crippen molar-refractivity contribution in [2.45, 2.75) is 45.6 Å². The number of likely N-dealkylation sites (tertiary alicyclic amines) is 1. The number of piperidine rings is 1. The van der Waals surface area contributed by atoms with Crippen LogP contribution in [0.15, 0.2) is 24.8 Å². The van der Waals surface area contributed by atoms with E-state index in [0.717, 1.165) is 44.7 Å². The van der Waals surface area contributed by atoms with E-state index in [1.54, 1.807) is 0 Å². The Morgan fingerprint density at radius 1 is 1.48 bits per heavy atom. The van der Waals surface area contributed by atoms with E-state index in [1.807, 2.05) is 31.7 Å². The zero-order valence-corrected chi connectivity index (χ0v) is 13.7. The number of carbonyl (C=O) groups is 1. The number of rotatable bonds is 6. The van der Waals surface area contributed by atoms with Crippen LogP contribution >= 0.6 is 0 Å². The van der Waals surface area contributed by atoms with Gasteiger partial charge in [0.2, 0.25) is 5.91 Å². The molecule has 3 rings (SSSR count). The van der Waals surface area contributed by atoms with Crippen molar-refractivity contribution in [2.75, 3.05) is 13.1 Å². The molecule has 1 amide bonds. The van der Waals surface area contributed by atoms with Gasteiger partial charge in [-0.2, -0.15) is 5.10 Å². The summed E-state index contributed by atoms with van der Waals surface area (Å²) in [6.07, 6.45) is 12.3. The van der Waals surface area contributed by atoms with Crippen molar-refractivity contribution in [2.24, 2.45) is 5.92 Å². The number of aryl methyl sites for hydroxylation is 2. The quantitative estimate of drug-likeness (QED) is 0.888. The van der Waals surface area contributed by atoms with Gasteiger partial charge in [-0.05, 0) is 44.1 Å². The number of H-pyrrole nitrogens is 1. The predicted molar refractivity (Wildman–Crippen MR) is 87.8 cm³/mol. The van der Waals surface area contributed by atoms with Crippen LogP contribution in [0, 0.1) is 12.8 Å². The number of aromatic nitrogens is 4. The Morgan fingerprint density at radius 2 is 2.39 bits per heavy atom. The van der Waals surface area contributed by atoms with E-state index in [0.29, 0.717) is 18.2 Å². The van der Waals surface area contributed by atoms with Gasteiger partial charge in [-0.3, -0.25) is 9.89 Å². The van der Waals surface area contributed by atoms with Gasteiger partial charge in [0, 0.05) is 44.6 Å². The SMILES string of the molecule is Cc1nccn1CC1CCCN(C(=O)CCCc2cn[nH]c2)C1. The molecule has 1 aliphatic rings. The van der Waals surface area contributed by atoms with E-state index in [4.69, 9.17) is 0 Å². The van der Waals surface area contributed by atoms with Gasteiger partial charge in [0.05, 0.1) is 6.20 Å². The molecule has 1 unspecified atom stereocenters. The van der Waals surface area contributed by atoms with Crippen LogP contribution in [0.25, 0.3) is 0 Å². The molecule has 0 bridgehead atoms. The number of hydrogen-bond donors (Lipinski definition) is 1. The summed E-state index contributed by atoms with van der Waals surface area (Å²) in [6.45, 7) is 4.78. The van der Waals surface area contributed by atoms with Crippen LogP contribution in [0.1, 0.15) is 37.1 Å². The Bertz CT molecular complexity index is 619. The van der Waals surface area contributed by atoms with Crippen LogP contribution in [-0.4, -0.2) is 43.6 Å². The second kappa shape index (κ2) is 7.44. The molecule has 1 atom stereocenters. The Hall–Kier alpha value is -2.11. The number of carbonyl (C=O) groups excluding carboxylic acids is 1. The first-order valence-electron chi connectivity index (χ1n) is 8.45. The Balaban J connectivity index is 1.45. The molecule has 6 heteroatoms. The van der Waals surface area contributed by atoms with Crippen molar-refractivity contribution in [1.29, 1.82) is 0 Å². The molecule has 1 aliphatic heterocycles. The van der Waals surface area contributed by atoms with E-state index in [1.165, 1.54) is 12.0 Å². The van der Waals surface area contributed by atoms with Gasteiger partial charge < -0.3 is 9.47 Å². The summed E-state index contributed by atoms with van der Waals surface area (Å²) in [6, 6.07) is 0. The van der Waals surface area contributed by atoms with Crippen molar-refractivity contribution < 1.29 is 4.79 Å². The lowest BCUT2D eigenvalue weighted by Gasteiger charge is -2.33. The average Bonchev–Trinajstić information content (AvgIpc) is 3.20. The summed E-state index contributed by atoms with van der Waals surface area (Å²) in [5.41, 5.74) is 1.17. The summed E-state index contributed by atoms with van der Waals surface area (Å²) in [7, 11) is 0. The number of imidazole rings is 1. The third-order valence-electron chi connectivity index (χ3n) is 4.66. The summed E-state index contributed by atoms with van der Waals surface area (Å²) in [5, 5.41) is 6.74. The Labute approximate surface area is 136 Å². The number of aromatic amines is 1. The summed E-state index contributed by atoms with van der Waals surface area (Å²) in [5.74, 6) is 1.88. The zero-order chi connectivity index (χ0) is 16.1. The lowest BCUT2D eigenvalue weighted by atomic mass is 9.97. The molecule has 0 saturated carbocycles. The normalized spacial score (nSPS) is 18.3. The van der Waals surface area contributed by atoms with Gasteiger partial charge in [-0.15, -0.1) is 0 Å². The highest BCUT2D eigenvalue weighted by Crippen LogP contribution is 2.20. The highest BCUT2D eigenvalue weighted by molar-refractivity contribution is 5.76. The van der Waals surface area contributed by atoms with E-state index in [9.17, 15) is 4.79 Å². The summed E-state index contributed by atoms with van der Waals surface area (Å²) < 4.78 is 2.19. The second-order valence-corrected chi connectivity index (χ2v) is 6.43. The maximum Gasteiger partial charge on any atom is 0.222 e. The topological polar surface area (TPSA) is 66.8 Å². The number of nitrogens with one attached hydrogen (secondary N) is 1. The smallest absolute Gasteiger partial charge is 0.222 e. The van der Waals surface area contributed by atoms with E-state index in [2.05, 4.69) is 24.6 Å². The Kier molecular flexibility index (Phi) is 5.10. The van der Waals surface area contributed by atoms with Crippen LogP contribution in [-0.2, 0) is 17.8 Å². The maximum absolute atomic E-state index is 12.4. The van der Waals surface area contributed by atoms with Gasteiger partial charge in [0.25, 0.3) is 0 Å². The molecule has 0 radical (unpaired) electrons. The first-order valence-corrected chi connectivity index (χ1v) is 8.45. The molecular weight excluding hydrogens is 290 g/mol. The molecule has 0 aliphatic carbocycles. The van der Waals surface area contributed by atoms with E-state index >= 15 is 0 Å². The number of nitrogens with zero attached hydrogens (tertiary/aromatic N) is 4. The van der Waals surface area contributed by atoms with Gasteiger partial charge in [-0.25, -0.2) is 4.98 Å². The van der Waals surface area contributed by atoms with Crippen LogP contribution in [0.2, 0.25) is 0 Å². The minimum absolute atomic E-state index is 0.292. The predicted octanol–water partition coefficient (Wildman–Crippen LogP) is 2.18. The lowest BCUT2D eigenvalue weighted by Crippen LogP contribution is -2.41. The van der Waals surface area contributed by atoms with Crippen molar-refractivity contribution in [1.82, 2.24) is 24.6 Å². The minimum Gasteiger partial charge on any atom is -0.342 e. The monoisotopic (exact) mass is 315 g/mol. The van der Waals surface area contributed by atoms with E-state index in [-0.39, 0.29) is 0 Å². The molecular formula is C17H25N5O. The minimum atomic E-state index is 0.292. The molecule has 2 aromatic rings. The fourth-order valence-corrected chi connectivity index (χ4v) is 3.33. The third-order valence-corrected chi connectivity index (χ3v) is 4.66. The zero-order valence-electron chi connectivity index (χ0n) is 13.7. The number of hydrogen-bond acceptors (Lipinski definition) is 3. The fourth-order valence-electron chi connectivity index (χ4n) is 3.33. The Morgan fingerprint density at radius 3 is 3.13 bits per heavy atom. The molecule has 2 aromatic heterocycles. The maximum atomic E-state index is 12.4. The van der Waals surface area contributed by atoms with Crippen molar-refractivity contribution in [3.05, 3.63) is 36.2 Å². The van der Waals surface area contributed by atoms with Crippen LogP contribution in [0.3, 0.4) is 0 Å². The van der Waals surface area contributed by atoms with Crippen molar-refractivity contribution >= 4 is 5.91 Å². The van der Waals surface area contributed by atoms with Crippen LogP contribution in [0.4, 0.5) is 0 Å². The van der Waals surface area contributed by atoms with Crippen LogP contribution < -0.4 is 0 Å². The molecule has 0 aromatic carbocycles. The van der Waals surface area contributed by atoms with Crippen LogP contribution in [0.5, 0.6) is 0 Å². The molecule has 0 spiro atoms. The molecule has 23 heavy (non-hydrogen) atoms. The van der Waals surface area contributed by atoms with Gasteiger partial charge >= 0.3 is 0 Å². The third kappa shape index (κ3) is 4.21. The molecule has 1 saturated heterocycles. The molecule has 1 N–H and O–H groups in total. The average molecular weight is 315 g/mol. The molecule has 6 nitrogen and oxygen atoms in total. The fraction of sp³-hybridized carbons (Fsp3) is 0.588. The highest BCUT2D eigenvalue weighted by Gasteiger charge is 2.23. The van der Waals surface area contributed by atoms with Gasteiger partial charge in [-0.1, -0.05) is 0 Å². The van der Waals surface area contributed by atoms with Gasteiger partial charge in [0.1, 0.15) is 5.82 Å². The van der Waals surface area contributed by atoms with Gasteiger partial charge in [0.15, 0.2) is 0 Å². The summed E-state index contributed by atoms with van der Waals surface area (Å²) in [4.78, 5) is 18.8. The second-order valence-electron chi connectivity index (χ2n) is 6.43. The molecule has 124 valence electrons. The van der Waals surface area contributed by atoms with E-state index < -0.39 is 0 Å². The first kappa shape index (κ1) is 15.8. The van der Waals surface area contributed by atoms with Crippen molar-refractivity contribution in [3.63, 3.8) is 0 Å². The largest absolute Gasteiger partial charge is 0.342 e. The molecule has 3 heterocycles.